The molecule has 0 radical (unpaired) electrons. The maximum atomic E-state index is 9.53. The minimum atomic E-state index is -0.514. The van der Waals surface area contributed by atoms with Gasteiger partial charge in [0.25, 0.3) is 0 Å². The molecule has 84 valence electrons. The van der Waals surface area contributed by atoms with Crippen molar-refractivity contribution >= 4 is 5.95 Å². The molecule has 5 heteroatoms. The Labute approximate surface area is 89.7 Å². The van der Waals surface area contributed by atoms with E-state index in [-0.39, 0.29) is 0 Å². The van der Waals surface area contributed by atoms with Crippen LogP contribution in [-0.4, -0.2) is 49.0 Å². The highest BCUT2D eigenvalue weighted by Crippen LogP contribution is 2.05. The van der Waals surface area contributed by atoms with E-state index in [1.807, 2.05) is 19.0 Å². The zero-order valence-electron chi connectivity index (χ0n) is 9.34. The van der Waals surface area contributed by atoms with Gasteiger partial charge in [-0.2, -0.15) is 0 Å². The van der Waals surface area contributed by atoms with Crippen LogP contribution in [0.4, 0.5) is 5.95 Å². The Hall–Kier alpha value is -1.20. The molecular weight excluding hydrogens is 194 g/mol. The monoisotopic (exact) mass is 211 g/mol. The molecule has 0 aliphatic heterocycles. The van der Waals surface area contributed by atoms with Gasteiger partial charge in [0.2, 0.25) is 5.95 Å². The highest BCUT2D eigenvalue weighted by Gasteiger charge is 2.07. The summed E-state index contributed by atoms with van der Waals surface area (Å²) in [4.78, 5) is 10.2. The van der Waals surface area contributed by atoms with Crippen LogP contribution in [0.1, 0.15) is 5.69 Å². The summed E-state index contributed by atoms with van der Waals surface area (Å²) in [7, 11) is 5.32. The number of aliphatic hydroxyl groups excluding tert-OH is 1. The normalized spacial score (nSPS) is 12.5. The fourth-order valence-electron chi connectivity index (χ4n) is 1.21. The number of rotatable bonds is 5. The smallest absolute Gasteiger partial charge is 0.224 e. The molecule has 0 bridgehead atoms. The first kappa shape index (κ1) is 11.9. The molecule has 1 aromatic heterocycles. The third-order valence-corrected chi connectivity index (χ3v) is 1.90. The van der Waals surface area contributed by atoms with Crippen molar-refractivity contribution in [1.29, 1.82) is 0 Å². The van der Waals surface area contributed by atoms with Crippen molar-refractivity contribution in [2.24, 2.45) is 0 Å². The van der Waals surface area contributed by atoms with Gasteiger partial charge in [0.05, 0.1) is 12.7 Å². The third-order valence-electron chi connectivity index (χ3n) is 1.90. The van der Waals surface area contributed by atoms with Crippen LogP contribution in [0, 0.1) is 0 Å². The molecule has 1 unspecified atom stereocenters. The maximum Gasteiger partial charge on any atom is 0.224 e. The van der Waals surface area contributed by atoms with E-state index >= 15 is 0 Å². The number of hydrogen-bond donors (Lipinski definition) is 1. The van der Waals surface area contributed by atoms with Crippen molar-refractivity contribution in [2.45, 2.75) is 12.5 Å². The Kier molecular flexibility index (Phi) is 4.45. The molecule has 0 fully saturated rings. The van der Waals surface area contributed by atoms with Crippen LogP contribution in [0.2, 0.25) is 0 Å². The van der Waals surface area contributed by atoms with Crippen molar-refractivity contribution in [3.63, 3.8) is 0 Å². The van der Waals surface area contributed by atoms with E-state index in [0.717, 1.165) is 5.69 Å². The highest BCUT2D eigenvalue weighted by molar-refractivity contribution is 5.27. The quantitative estimate of drug-likeness (QED) is 0.748. The molecule has 0 saturated heterocycles. The zero-order valence-corrected chi connectivity index (χ0v) is 9.34. The van der Waals surface area contributed by atoms with E-state index in [4.69, 9.17) is 4.74 Å². The average molecular weight is 211 g/mol. The molecule has 5 nitrogen and oxygen atoms in total. The molecule has 15 heavy (non-hydrogen) atoms. The Balaban J connectivity index is 2.65. The number of hydrogen-bond acceptors (Lipinski definition) is 5. The molecule has 1 N–H and O–H groups in total. The summed E-state index contributed by atoms with van der Waals surface area (Å²) >= 11 is 0. The van der Waals surface area contributed by atoms with Crippen LogP contribution in [-0.2, 0) is 11.2 Å². The highest BCUT2D eigenvalue weighted by atomic mass is 16.5. The van der Waals surface area contributed by atoms with Gasteiger partial charge in [0.1, 0.15) is 0 Å². The predicted octanol–water partition coefficient (Wildman–Crippen LogP) is 0.0924. The van der Waals surface area contributed by atoms with Crippen LogP contribution >= 0.6 is 0 Å². The van der Waals surface area contributed by atoms with Crippen molar-refractivity contribution in [2.75, 3.05) is 32.7 Å². The molecule has 0 spiro atoms. The summed E-state index contributed by atoms with van der Waals surface area (Å²) < 4.78 is 4.85. The lowest BCUT2D eigenvalue weighted by Gasteiger charge is -2.12. The number of aromatic nitrogens is 2. The van der Waals surface area contributed by atoms with E-state index in [1.54, 1.807) is 19.4 Å². The molecule has 0 aliphatic rings. The second-order valence-corrected chi connectivity index (χ2v) is 3.56. The van der Waals surface area contributed by atoms with Crippen molar-refractivity contribution in [1.82, 2.24) is 9.97 Å². The molecule has 0 aliphatic carbocycles. The largest absolute Gasteiger partial charge is 0.390 e. The number of nitrogens with zero attached hydrogens (tertiary/aromatic N) is 3. The maximum absolute atomic E-state index is 9.53. The second kappa shape index (κ2) is 5.63. The first-order valence-electron chi connectivity index (χ1n) is 4.79. The van der Waals surface area contributed by atoms with Gasteiger partial charge >= 0.3 is 0 Å². The van der Waals surface area contributed by atoms with Crippen LogP contribution in [0.5, 0.6) is 0 Å². The van der Waals surface area contributed by atoms with E-state index in [0.29, 0.717) is 19.0 Å². The molecule has 0 aromatic carbocycles. The molecular formula is C10H17N3O2. The van der Waals surface area contributed by atoms with Gasteiger partial charge in [-0.3, -0.25) is 0 Å². The van der Waals surface area contributed by atoms with Crippen LogP contribution < -0.4 is 4.90 Å². The standard InChI is InChI=1S/C10H17N3O2/c1-13(2)10-11-5-4-8(12-10)6-9(14)7-15-3/h4-5,9,14H,6-7H2,1-3H3. The summed E-state index contributed by atoms with van der Waals surface area (Å²) in [6.07, 6.45) is 1.66. The molecule has 1 heterocycles. The van der Waals surface area contributed by atoms with Gasteiger partial charge in [0.15, 0.2) is 0 Å². The number of aliphatic hydroxyl groups is 1. The minimum Gasteiger partial charge on any atom is -0.390 e. The van der Waals surface area contributed by atoms with Crippen molar-refractivity contribution < 1.29 is 9.84 Å². The van der Waals surface area contributed by atoms with Gasteiger partial charge in [-0.1, -0.05) is 0 Å². The van der Waals surface area contributed by atoms with Gasteiger partial charge < -0.3 is 14.7 Å². The van der Waals surface area contributed by atoms with Crippen molar-refractivity contribution in [3.8, 4) is 0 Å². The molecule has 1 atom stereocenters. The molecule has 1 rings (SSSR count). The summed E-state index contributed by atoms with van der Waals surface area (Å²) in [6.45, 7) is 0.321. The Bertz CT molecular complexity index is 304. The molecule has 0 saturated carbocycles. The average Bonchev–Trinajstić information content (AvgIpc) is 2.18. The minimum absolute atomic E-state index is 0.321. The SMILES string of the molecule is COCC(O)Cc1ccnc(N(C)C)n1. The summed E-state index contributed by atoms with van der Waals surface area (Å²) in [5.41, 5.74) is 0.818. The Morgan fingerprint density at radius 3 is 2.87 bits per heavy atom. The van der Waals surface area contributed by atoms with E-state index in [2.05, 4.69) is 9.97 Å². The summed E-state index contributed by atoms with van der Waals surface area (Å²) in [5, 5.41) is 9.53. The Morgan fingerprint density at radius 2 is 2.27 bits per heavy atom. The topological polar surface area (TPSA) is 58.5 Å². The fraction of sp³-hybridized carbons (Fsp3) is 0.600. The van der Waals surface area contributed by atoms with Gasteiger partial charge in [0, 0.05) is 39.5 Å². The fourth-order valence-corrected chi connectivity index (χ4v) is 1.21. The van der Waals surface area contributed by atoms with Gasteiger partial charge in [-0.05, 0) is 6.07 Å². The molecule has 0 amide bonds. The number of methoxy groups -OCH3 is 1. The van der Waals surface area contributed by atoms with E-state index < -0.39 is 6.10 Å². The second-order valence-electron chi connectivity index (χ2n) is 3.56. The lowest BCUT2D eigenvalue weighted by atomic mass is 10.2. The summed E-state index contributed by atoms with van der Waals surface area (Å²) in [6, 6.07) is 1.80. The zero-order chi connectivity index (χ0) is 11.3. The first-order chi connectivity index (χ1) is 7.13. The van der Waals surface area contributed by atoms with Gasteiger partial charge in [-0.15, -0.1) is 0 Å². The van der Waals surface area contributed by atoms with Crippen LogP contribution in [0.15, 0.2) is 12.3 Å². The summed E-state index contributed by atoms with van der Waals surface area (Å²) in [5.74, 6) is 0.650. The van der Waals surface area contributed by atoms with Crippen LogP contribution in [0.3, 0.4) is 0 Å². The van der Waals surface area contributed by atoms with Crippen LogP contribution in [0.25, 0.3) is 0 Å². The molecule has 1 aromatic rings. The lowest BCUT2D eigenvalue weighted by Crippen LogP contribution is -2.19. The van der Waals surface area contributed by atoms with E-state index in [1.165, 1.54) is 0 Å². The van der Waals surface area contributed by atoms with Gasteiger partial charge in [-0.25, -0.2) is 9.97 Å². The number of anilines is 1. The van der Waals surface area contributed by atoms with E-state index in [9.17, 15) is 5.11 Å². The van der Waals surface area contributed by atoms with Crippen molar-refractivity contribution in [3.05, 3.63) is 18.0 Å². The number of ether oxygens (including phenoxy) is 1. The first-order valence-corrected chi connectivity index (χ1v) is 4.79. The predicted molar refractivity (Wildman–Crippen MR) is 57.9 cm³/mol. The third kappa shape index (κ3) is 3.81. The lowest BCUT2D eigenvalue weighted by molar-refractivity contribution is 0.0644. The Morgan fingerprint density at radius 1 is 1.53 bits per heavy atom.